The van der Waals surface area contributed by atoms with E-state index in [1.54, 1.807) is 59.2 Å². The van der Waals surface area contributed by atoms with Crippen molar-refractivity contribution in [3.63, 3.8) is 0 Å². The van der Waals surface area contributed by atoms with Gasteiger partial charge >= 0.3 is 5.69 Å². The number of carbonyl (C=O) groups is 1. The lowest BCUT2D eigenvalue weighted by Crippen LogP contribution is -2.43. The molecule has 0 aliphatic heterocycles. The number of benzene rings is 2. The predicted octanol–water partition coefficient (Wildman–Crippen LogP) is 2.26. The van der Waals surface area contributed by atoms with Gasteiger partial charge in [0, 0.05) is 5.69 Å². The number of anilines is 1. The highest BCUT2D eigenvalue weighted by Gasteiger charge is 2.24. The Morgan fingerprint density at radius 2 is 1.94 bits per heavy atom. The molecular weight excluding hydrogens is 428 g/mol. The fourth-order valence-electron chi connectivity index (χ4n) is 3.49. The zero-order valence-corrected chi connectivity index (χ0v) is 18.2. The quantitative estimate of drug-likeness (QED) is 0.426. The van der Waals surface area contributed by atoms with E-state index in [2.05, 4.69) is 20.4 Å². The molecule has 4 rings (SSSR count). The van der Waals surface area contributed by atoms with Gasteiger partial charge in [-0.1, -0.05) is 24.3 Å². The lowest BCUT2D eigenvalue weighted by molar-refractivity contribution is -0.119. The number of para-hydroxylation sites is 1. The SMILES string of the molecule is CSCC[C@@H](C(=O)Nc1ccc(Cn2cncn2)cc1)n1c(=O)[nH]c2ccccc2c1=O. The first-order valence-electron chi connectivity index (χ1n) is 10.0. The topological polar surface area (TPSA) is 115 Å². The molecule has 0 spiro atoms. The Labute approximate surface area is 187 Å². The zero-order chi connectivity index (χ0) is 22.5. The van der Waals surface area contributed by atoms with Crippen LogP contribution in [0.15, 0.2) is 70.8 Å². The lowest BCUT2D eigenvalue weighted by Gasteiger charge is -2.19. The predicted molar refractivity (Wildman–Crippen MR) is 125 cm³/mol. The van der Waals surface area contributed by atoms with Crippen molar-refractivity contribution in [1.29, 1.82) is 0 Å². The first kappa shape index (κ1) is 21.6. The second-order valence-electron chi connectivity index (χ2n) is 7.23. The maximum Gasteiger partial charge on any atom is 0.329 e. The number of nitrogens with zero attached hydrogens (tertiary/aromatic N) is 4. The van der Waals surface area contributed by atoms with Crippen molar-refractivity contribution in [2.24, 2.45) is 0 Å². The number of thioether (sulfide) groups is 1. The third-order valence-electron chi connectivity index (χ3n) is 5.08. The van der Waals surface area contributed by atoms with Gasteiger partial charge in [0.05, 0.1) is 17.4 Å². The van der Waals surface area contributed by atoms with Gasteiger partial charge in [0.1, 0.15) is 18.7 Å². The molecule has 4 aromatic rings. The van der Waals surface area contributed by atoms with Gasteiger partial charge in [0.15, 0.2) is 0 Å². The minimum Gasteiger partial charge on any atom is -0.324 e. The van der Waals surface area contributed by atoms with Crippen molar-refractivity contribution >= 4 is 34.3 Å². The van der Waals surface area contributed by atoms with Crippen LogP contribution in [0.4, 0.5) is 5.69 Å². The number of aromatic amines is 1. The van der Waals surface area contributed by atoms with Crippen LogP contribution in [0.3, 0.4) is 0 Å². The molecule has 32 heavy (non-hydrogen) atoms. The van der Waals surface area contributed by atoms with Crippen molar-refractivity contribution in [1.82, 2.24) is 24.3 Å². The first-order chi connectivity index (χ1) is 15.6. The van der Waals surface area contributed by atoms with Gasteiger partial charge in [0.2, 0.25) is 5.91 Å². The van der Waals surface area contributed by atoms with E-state index in [4.69, 9.17) is 0 Å². The smallest absolute Gasteiger partial charge is 0.324 e. The van der Waals surface area contributed by atoms with Gasteiger partial charge in [-0.25, -0.2) is 19.0 Å². The van der Waals surface area contributed by atoms with Gasteiger partial charge in [-0.05, 0) is 48.3 Å². The second kappa shape index (κ2) is 9.65. The average Bonchev–Trinajstić information content (AvgIpc) is 3.30. The second-order valence-corrected chi connectivity index (χ2v) is 8.21. The summed E-state index contributed by atoms with van der Waals surface area (Å²) < 4.78 is 2.72. The Morgan fingerprint density at radius 3 is 2.66 bits per heavy atom. The van der Waals surface area contributed by atoms with Crippen molar-refractivity contribution in [3.05, 3.63) is 87.6 Å². The molecule has 0 saturated carbocycles. The molecule has 1 amide bonds. The van der Waals surface area contributed by atoms with Crippen LogP contribution in [0, 0.1) is 0 Å². The van der Waals surface area contributed by atoms with E-state index < -0.39 is 23.2 Å². The Bertz CT molecular complexity index is 1330. The van der Waals surface area contributed by atoms with Crippen LogP contribution in [0.25, 0.3) is 10.9 Å². The summed E-state index contributed by atoms with van der Waals surface area (Å²) in [5.41, 5.74) is 0.948. The molecule has 0 unspecified atom stereocenters. The number of carbonyl (C=O) groups excluding carboxylic acids is 1. The molecule has 1 atom stereocenters. The van der Waals surface area contributed by atoms with E-state index in [1.807, 2.05) is 18.4 Å². The van der Waals surface area contributed by atoms with Crippen molar-refractivity contribution in [2.75, 3.05) is 17.3 Å². The van der Waals surface area contributed by atoms with Crippen molar-refractivity contribution < 1.29 is 4.79 Å². The molecule has 164 valence electrons. The molecule has 2 N–H and O–H groups in total. The molecule has 2 aromatic heterocycles. The summed E-state index contributed by atoms with van der Waals surface area (Å²) in [7, 11) is 0. The van der Waals surface area contributed by atoms with Crippen LogP contribution >= 0.6 is 11.8 Å². The highest BCUT2D eigenvalue weighted by atomic mass is 32.2. The van der Waals surface area contributed by atoms with Crippen LogP contribution in [-0.4, -0.2) is 42.2 Å². The summed E-state index contributed by atoms with van der Waals surface area (Å²) in [5.74, 6) is 0.208. The van der Waals surface area contributed by atoms with E-state index in [-0.39, 0.29) is 0 Å². The van der Waals surface area contributed by atoms with Crippen molar-refractivity contribution in [3.8, 4) is 0 Å². The highest BCUT2D eigenvalue weighted by molar-refractivity contribution is 7.98. The Kier molecular flexibility index (Phi) is 6.50. The van der Waals surface area contributed by atoms with Gasteiger partial charge < -0.3 is 10.3 Å². The number of nitrogens with one attached hydrogen (secondary N) is 2. The first-order valence-corrected chi connectivity index (χ1v) is 11.4. The van der Waals surface area contributed by atoms with Gasteiger partial charge in [-0.15, -0.1) is 0 Å². The molecule has 0 aliphatic carbocycles. The molecular formula is C22H22N6O3S. The lowest BCUT2D eigenvalue weighted by atomic mass is 10.1. The number of rotatable bonds is 8. The number of H-pyrrole nitrogens is 1. The number of amides is 1. The van der Waals surface area contributed by atoms with Gasteiger partial charge in [-0.2, -0.15) is 16.9 Å². The molecule has 2 heterocycles. The number of hydrogen-bond acceptors (Lipinski definition) is 6. The molecule has 0 radical (unpaired) electrons. The Balaban J connectivity index is 1.60. The van der Waals surface area contributed by atoms with Crippen LogP contribution in [0.2, 0.25) is 0 Å². The summed E-state index contributed by atoms with van der Waals surface area (Å²) in [5, 5.41) is 7.28. The highest BCUT2D eigenvalue weighted by Crippen LogP contribution is 2.17. The minimum atomic E-state index is -0.932. The zero-order valence-electron chi connectivity index (χ0n) is 17.4. The Hall–Kier alpha value is -3.66. The molecule has 9 nitrogen and oxygen atoms in total. The standard InChI is InChI=1S/C22H22N6O3S/c1-32-11-10-19(28-21(30)17-4-2-3-5-18(17)26-22(28)31)20(29)25-16-8-6-15(7-9-16)12-27-14-23-13-24-27/h2-9,13-14,19H,10-12H2,1H3,(H,25,29)(H,26,31)/t19-/m0/s1. The van der Waals surface area contributed by atoms with Crippen LogP contribution in [0.1, 0.15) is 18.0 Å². The third kappa shape index (κ3) is 4.65. The van der Waals surface area contributed by atoms with Gasteiger partial charge in [-0.3, -0.25) is 9.59 Å². The number of fused-ring (bicyclic) bond motifs is 1. The molecule has 0 saturated heterocycles. The third-order valence-corrected chi connectivity index (χ3v) is 5.72. The van der Waals surface area contributed by atoms with Gasteiger partial charge in [0.25, 0.3) is 5.56 Å². The van der Waals surface area contributed by atoms with Crippen LogP contribution < -0.4 is 16.6 Å². The molecule has 0 bridgehead atoms. The van der Waals surface area contributed by atoms with Crippen LogP contribution in [0.5, 0.6) is 0 Å². The monoisotopic (exact) mass is 450 g/mol. The normalized spacial score (nSPS) is 12.0. The minimum absolute atomic E-state index is 0.346. The maximum atomic E-state index is 13.1. The van der Waals surface area contributed by atoms with E-state index in [1.165, 1.54) is 6.33 Å². The van der Waals surface area contributed by atoms with Crippen LogP contribution in [-0.2, 0) is 11.3 Å². The largest absolute Gasteiger partial charge is 0.329 e. The number of aromatic nitrogens is 5. The molecule has 2 aromatic carbocycles. The molecule has 0 aliphatic rings. The summed E-state index contributed by atoms with van der Waals surface area (Å²) in [4.78, 5) is 45.5. The van der Waals surface area contributed by atoms with Crippen molar-refractivity contribution in [2.45, 2.75) is 19.0 Å². The summed E-state index contributed by atoms with van der Waals surface area (Å²) in [6.07, 6.45) is 5.36. The summed E-state index contributed by atoms with van der Waals surface area (Å²) in [6, 6.07) is 13.2. The van der Waals surface area contributed by atoms with E-state index >= 15 is 0 Å². The summed E-state index contributed by atoms with van der Waals surface area (Å²) in [6.45, 7) is 0.562. The fraction of sp³-hybridized carbons (Fsp3) is 0.227. The fourth-order valence-corrected chi connectivity index (χ4v) is 3.95. The summed E-state index contributed by atoms with van der Waals surface area (Å²) >= 11 is 1.55. The Morgan fingerprint density at radius 1 is 1.16 bits per heavy atom. The number of hydrogen-bond donors (Lipinski definition) is 2. The van der Waals surface area contributed by atoms with E-state index in [0.717, 1.165) is 10.1 Å². The average molecular weight is 451 g/mol. The van der Waals surface area contributed by atoms with E-state index in [0.29, 0.717) is 35.3 Å². The molecule has 0 fully saturated rings. The van der Waals surface area contributed by atoms with E-state index in [9.17, 15) is 14.4 Å². The maximum absolute atomic E-state index is 13.1. The molecule has 10 heteroatoms.